The van der Waals surface area contributed by atoms with E-state index in [1.165, 1.54) is 0 Å². The molecule has 158 valence electrons. The Kier molecular flexibility index (Phi) is 8.22. The van der Waals surface area contributed by atoms with E-state index in [-0.39, 0.29) is 42.5 Å². The minimum atomic E-state index is -0.414. The summed E-state index contributed by atoms with van der Waals surface area (Å²) in [6.07, 6.45) is 3.88. The molecule has 1 saturated heterocycles. The number of nitrogens with zero attached hydrogens (tertiary/aromatic N) is 2. The molecular weight excluding hydrogens is 392 g/mol. The third kappa shape index (κ3) is 5.58. The number of rotatable bonds is 7. The SMILES string of the molecule is CCOC(=O)CC(NC(=O)[C@H]1CNC[C@@H]1c1cnn(C)c1)c1ccccc1C.Cl. The average Bonchev–Trinajstić information content (AvgIpc) is 3.30. The average molecular weight is 421 g/mol. The van der Waals surface area contributed by atoms with Crippen molar-refractivity contribution in [1.82, 2.24) is 20.4 Å². The van der Waals surface area contributed by atoms with Crippen LogP contribution in [0.3, 0.4) is 0 Å². The van der Waals surface area contributed by atoms with Crippen molar-refractivity contribution >= 4 is 24.3 Å². The molecule has 8 heteroatoms. The molecule has 2 heterocycles. The fourth-order valence-electron chi connectivity index (χ4n) is 3.82. The Balaban J connectivity index is 0.00000300. The third-order valence-electron chi connectivity index (χ3n) is 5.26. The van der Waals surface area contributed by atoms with Crippen LogP contribution in [0.2, 0.25) is 0 Å². The first-order valence-electron chi connectivity index (χ1n) is 9.70. The minimum Gasteiger partial charge on any atom is -0.466 e. The molecule has 0 bridgehead atoms. The van der Waals surface area contributed by atoms with Gasteiger partial charge in [-0.2, -0.15) is 5.10 Å². The molecule has 0 aliphatic carbocycles. The minimum absolute atomic E-state index is 0. The molecule has 1 aromatic carbocycles. The van der Waals surface area contributed by atoms with Crippen molar-refractivity contribution < 1.29 is 14.3 Å². The van der Waals surface area contributed by atoms with E-state index < -0.39 is 6.04 Å². The molecule has 0 saturated carbocycles. The van der Waals surface area contributed by atoms with Crippen molar-refractivity contribution in [3.05, 3.63) is 53.3 Å². The largest absolute Gasteiger partial charge is 0.466 e. The van der Waals surface area contributed by atoms with Gasteiger partial charge < -0.3 is 15.4 Å². The van der Waals surface area contributed by atoms with Gasteiger partial charge >= 0.3 is 5.97 Å². The van der Waals surface area contributed by atoms with Crippen LogP contribution in [0.15, 0.2) is 36.7 Å². The zero-order valence-electron chi connectivity index (χ0n) is 17.1. The molecular formula is C21H29ClN4O3. The van der Waals surface area contributed by atoms with E-state index in [9.17, 15) is 9.59 Å². The number of halogens is 1. The lowest BCUT2D eigenvalue weighted by molar-refractivity contribution is -0.143. The number of hydrogen-bond acceptors (Lipinski definition) is 5. The Morgan fingerprint density at radius 1 is 1.34 bits per heavy atom. The number of carbonyl (C=O) groups excluding carboxylic acids is 2. The molecule has 1 amide bonds. The highest BCUT2D eigenvalue weighted by Crippen LogP contribution is 2.29. The monoisotopic (exact) mass is 420 g/mol. The predicted octanol–water partition coefficient (Wildman–Crippen LogP) is 2.26. The van der Waals surface area contributed by atoms with Crippen LogP contribution in [0.1, 0.15) is 42.0 Å². The Labute approximate surface area is 177 Å². The van der Waals surface area contributed by atoms with E-state index in [0.717, 1.165) is 23.2 Å². The van der Waals surface area contributed by atoms with Gasteiger partial charge in [0.2, 0.25) is 5.91 Å². The smallest absolute Gasteiger partial charge is 0.308 e. The normalized spacial score (nSPS) is 19.3. The summed E-state index contributed by atoms with van der Waals surface area (Å²) in [5.74, 6) is -0.521. The zero-order chi connectivity index (χ0) is 20.1. The van der Waals surface area contributed by atoms with Crippen molar-refractivity contribution in [3.63, 3.8) is 0 Å². The van der Waals surface area contributed by atoms with Crippen molar-refractivity contribution in [3.8, 4) is 0 Å². The Bertz CT molecular complexity index is 839. The van der Waals surface area contributed by atoms with Gasteiger partial charge in [-0.15, -0.1) is 12.4 Å². The van der Waals surface area contributed by atoms with Gasteiger partial charge in [0.1, 0.15) is 0 Å². The molecule has 3 rings (SSSR count). The molecule has 1 aliphatic rings. The highest BCUT2D eigenvalue weighted by molar-refractivity contribution is 5.85. The molecule has 1 fully saturated rings. The predicted molar refractivity (Wildman–Crippen MR) is 113 cm³/mol. The van der Waals surface area contributed by atoms with E-state index >= 15 is 0 Å². The van der Waals surface area contributed by atoms with E-state index in [4.69, 9.17) is 4.74 Å². The molecule has 1 unspecified atom stereocenters. The van der Waals surface area contributed by atoms with Gasteiger partial charge in [0.15, 0.2) is 0 Å². The number of hydrogen-bond donors (Lipinski definition) is 2. The van der Waals surface area contributed by atoms with E-state index in [0.29, 0.717) is 13.2 Å². The standard InChI is InChI=1S/C21H28N4O3.ClH/c1-4-28-20(26)9-19(16-8-6-5-7-14(16)2)24-21(27)18-12-22-11-17(18)15-10-23-25(3)13-15;/h5-8,10,13,17-19,22H,4,9,11-12H2,1-3H3,(H,24,27);1H/t17-,18+,19?;/m1./s1. The van der Waals surface area contributed by atoms with Crippen LogP contribution in [0.5, 0.6) is 0 Å². The summed E-state index contributed by atoms with van der Waals surface area (Å²) >= 11 is 0. The number of amides is 1. The Morgan fingerprint density at radius 2 is 2.10 bits per heavy atom. The number of carbonyl (C=O) groups is 2. The summed E-state index contributed by atoms with van der Waals surface area (Å²) in [5.41, 5.74) is 3.02. The number of ether oxygens (including phenoxy) is 1. The van der Waals surface area contributed by atoms with Gasteiger partial charge in [0.25, 0.3) is 0 Å². The zero-order valence-corrected chi connectivity index (χ0v) is 17.9. The second-order valence-corrected chi connectivity index (χ2v) is 7.25. The fraction of sp³-hybridized carbons (Fsp3) is 0.476. The van der Waals surface area contributed by atoms with Crippen LogP contribution in [0.4, 0.5) is 0 Å². The summed E-state index contributed by atoms with van der Waals surface area (Å²) in [4.78, 5) is 25.3. The highest BCUT2D eigenvalue weighted by Gasteiger charge is 2.36. The summed E-state index contributed by atoms with van der Waals surface area (Å²) in [7, 11) is 1.87. The van der Waals surface area contributed by atoms with Crippen molar-refractivity contribution in [2.45, 2.75) is 32.2 Å². The maximum Gasteiger partial charge on any atom is 0.308 e. The number of esters is 1. The molecule has 0 radical (unpaired) electrons. The van der Waals surface area contributed by atoms with Gasteiger partial charge in [0.05, 0.1) is 31.2 Å². The molecule has 29 heavy (non-hydrogen) atoms. The van der Waals surface area contributed by atoms with Crippen LogP contribution in [0, 0.1) is 12.8 Å². The molecule has 1 aromatic heterocycles. The highest BCUT2D eigenvalue weighted by atomic mass is 35.5. The molecule has 2 N–H and O–H groups in total. The second kappa shape index (κ2) is 10.4. The van der Waals surface area contributed by atoms with Gasteiger partial charge in [-0.3, -0.25) is 14.3 Å². The Hall–Kier alpha value is -2.38. The van der Waals surface area contributed by atoms with Crippen LogP contribution in [-0.4, -0.2) is 41.4 Å². The topological polar surface area (TPSA) is 85.2 Å². The molecule has 1 aliphatic heterocycles. The first kappa shape index (κ1) is 22.9. The second-order valence-electron chi connectivity index (χ2n) is 7.25. The number of nitrogens with one attached hydrogen (secondary N) is 2. The van der Waals surface area contributed by atoms with Crippen molar-refractivity contribution in [1.29, 1.82) is 0 Å². The van der Waals surface area contributed by atoms with Gasteiger partial charge in [0, 0.05) is 32.3 Å². The van der Waals surface area contributed by atoms with E-state index in [1.54, 1.807) is 11.6 Å². The van der Waals surface area contributed by atoms with Gasteiger partial charge in [-0.25, -0.2) is 0 Å². The van der Waals surface area contributed by atoms with Gasteiger partial charge in [-0.05, 0) is 30.5 Å². The van der Waals surface area contributed by atoms with Crippen LogP contribution >= 0.6 is 12.4 Å². The maximum atomic E-state index is 13.1. The molecule has 2 aromatic rings. The van der Waals surface area contributed by atoms with E-state index in [2.05, 4.69) is 15.7 Å². The third-order valence-corrected chi connectivity index (χ3v) is 5.26. The fourth-order valence-corrected chi connectivity index (χ4v) is 3.82. The molecule has 3 atom stereocenters. The summed E-state index contributed by atoms with van der Waals surface area (Å²) in [6, 6.07) is 7.38. The summed E-state index contributed by atoms with van der Waals surface area (Å²) in [5, 5.41) is 10.6. The van der Waals surface area contributed by atoms with E-state index in [1.807, 2.05) is 50.6 Å². The Morgan fingerprint density at radius 3 is 2.76 bits per heavy atom. The van der Waals surface area contributed by atoms with Crippen molar-refractivity contribution in [2.24, 2.45) is 13.0 Å². The quantitative estimate of drug-likeness (QED) is 0.671. The maximum absolute atomic E-state index is 13.1. The van der Waals surface area contributed by atoms with Crippen LogP contribution < -0.4 is 10.6 Å². The van der Waals surface area contributed by atoms with Crippen LogP contribution in [-0.2, 0) is 21.4 Å². The van der Waals surface area contributed by atoms with Crippen LogP contribution in [0.25, 0.3) is 0 Å². The molecule has 0 spiro atoms. The summed E-state index contributed by atoms with van der Waals surface area (Å²) < 4.78 is 6.87. The van der Waals surface area contributed by atoms with Crippen molar-refractivity contribution in [2.75, 3.05) is 19.7 Å². The molecule has 7 nitrogen and oxygen atoms in total. The lowest BCUT2D eigenvalue weighted by atomic mass is 9.89. The lowest BCUT2D eigenvalue weighted by Gasteiger charge is -2.24. The first-order chi connectivity index (χ1) is 13.5. The number of aromatic nitrogens is 2. The van der Waals surface area contributed by atoms with Gasteiger partial charge in [-0.1, -0.05) is 24.3 Å². The summed E-state index contributed by atoms with van der Waals surface area (Å²) in [6.45, 7) is 5.42. The lowest BCUT2D eigenvalue weighted by Crippen LogP contribution is -2.38. The first-order valence-corrected chi connectivity index (χ1v) is 9.70. The number of benzene rings is 1. The number of aryl methyl sites for hydroxylation is 2.